The van der Waals surface area contributed by atoms with Crippen LogP contribution in [0.1, 0.15) is 12.8 Å². The van der Waals surface area contributed by atoms with Crippen molar-refractivity contribution in [3.05, 3.63) is 0 Å². The Morgan fingerprint density at radius 1 is 1.08 bits per heavy atom. The van der Waals surface area contributed by atoms with E-state index in [4.69, 9.17) is 25.8 Å². The van der Waals surface area contributed by atoms with Crippen LogP contribution in [0.25, 0.3) is 0 Å². The fraction of sp³-hybridized carbons (Fsp3) is 1.00. The molecule has 2 rings (SSSR count). The van der Waals surface area contributed by atoms with Crippen LogP contribution >= 0.6 is 11.6 Å². The van der Waals surface area contributed by atoms with Crippen molar-refractivity contribution in [1.29, 1.82) is 0 Å². The molecule has 2 saturated heterocycles. The first kappa shape index (κ1) is 9.71. The molecule has 0 bridgehead atoms. The molecule has 0 amide bonds. The van der Waals surface area contributed by atoms with E-state index in [1.165, 1.54) is 0 Å². The first-order valence-electron chi connectivity index (χ1n) is 4.74. The normalized spacial score (nSPS) is 34.4. The van der Waals surface area contributed by atoms with Crippen LogP contribution in [-0.4, -0.2) is 44.0 Å². The summed E-state index contributed by atoms with van der Waals surface area (Å²) in [6.07, 6.45) is 1.78. The molecule has 1 unspecified atom stereocenters. The SMILES string of the molecule is ClC1CCOC2(COCCOC2)C1. The smallest absolute Gasteiger partial charge is 0.116 e. The van der Waals surface area contributed by atoms with Gasteiger partial charge in [-0.2, -0.15) is 0 Å². The van der Waals surface area contributed by atoms with Gasteiger partial charge in [-0.15, -0.1) is 11.6 Å². The Bertz CT molecular complexity index is 166. The minimum Gasteiger partial charge on any atom is -0.376 e. The van der Waals surface area contributed by atoms with E-state index in [0.29, 0.717) is 26.4 Å². The Labute approximate surface area is 83.3 Å². The first-order valence-corrected chi connectivity index (χ1v) is 5.18. The highest BCUT2D eigenvalue weighted by atomic mass is 35.5. The Balaban J connectivity index is 1.99. The fourth-order valence-corrected chi connectivity index (χ4v) is 2.22. The van der Waals surface area contributed by atoms with Crippen molar-refractivity contribution in [1.82, 2.24) is 0 Å². The number of rotatable bonds is 0. The van der Waals surface area contributed by atoms with Crippen LogP contribution in [0.15, 0.2) is 0 Å². The van der Waals surface area contributed by atoms with Gasteiger partial charge in [0.25, 0.3) is 0 Å². The Hall–Kier alpha value is 0.170. The van der Waals surface area contributed by atoms with E-state index in [9.17, 15) is 0 Å². The summed E-state index contributed by atoms with van der Waals surface area (Å²) in [5.74, 6) is 0. The molecule has 3 nitrogen and oxygen atoms in total. The minimum atomic E-state index is -0.263. The minimum absolute atomic E-state index is 0.207. The molecule has 0 aromatic heterocycles. The van der Waals surface area contributed by atoms with Gasteiger partial charge < -0.3 is 14.2 Å². The van der Waals surface area contributed by atoms with Crippen LogP contribution in [0.3, 0.4) is 0 Å². The van der Waals surface area contributed by atoms with Crippen LogP contribution < -0.4 is 0 Å². The first-order chi connectivity index (χ1) is 6.31. The van der Waals surface area contributed by atoms with Gasteiger partial charge in [0, 0.05) is 12.0 Å². The maximum atomic E-state index is 6.10. The highest BCUT2D eigenvalue weighted by molar-refractivity contribution is 6.20. The van der Waals surface area contributed by atoms with Crippen molar-refractivity contribution in [2.75, 3.05) is 33.0 Å². The van der Waals surface area contributed by atoms with Crippen molar-refractivity contribution in [3.8, 4) is 0 Å². The monoisotopic (exact) mass is 206 g/mol. The summed E-state index contributed by atoms with van der Waals surface area (Å²) >= 11 is 6.10. The second kappa shape index (κ2) is 4.13. The summed E-state index contributed by atoms with van der Waals surface area (Å²) < 4.78 is 16.6. The highest BCUT2D eigenvalue weighted by Gasteiger charge is 2.38. The van der Waals surface area contributed by atoms with Crippen LogP contribution in [0.2, 0.25) is 0 Å². The summed E-state index contributed by atoms with van der Waals surface area (Å²) in [4.78, 5) is 0. The zero-order valence-corrected chi connectivity index (χ0v) is 8.39. The lowest BCUT2D eigenvalue weighted by atomic mass is 9.95. The van der Waals surface area contributed by atoms with E-state index < -0.39 is 0 Å². The molecule has 2 aliphatic rings. The number of hydrogen-bond donors (Lipinski definition) is 0. The van der Waals surface area contributed by atoms with Crippen molar-refractivity contribution in [2.24, 2.45) is 0 Å². The molecular weight excluding hydrogens is 192 g/mol. The van der Waals surface area contributed by atoms with Crippen molar-refractivity contribution >= 4 is 11.6 Å². The fourth-order valence-electron chi connectivity index (χ4n) is 1.85. The van der Waals surface area contributed by atoms with Gasteiger partial charge in [-0.05, 0) is 12.8 Å². The van der Waals surface area contributed by atoms with Gasteiger partial charge >= 0.3 is 0 Å². The predicted octanol–water partition coefficient (Wildman–Crippen LogP) is 1.19. The number of ether oxygens (including phenoxy) is 3. The molecule has 2 aliphatic heterocycles. The molecule has 0 N–H and O–H groups in total. The van der Waals surface area contributed by atoms with Gasteiger partial charge in [-0.25, -0.2) is 0 Å². The summed E-state index contributed by atoms with van der Waals surface area (Å²) in [5, 5.41) is 0.207. The molecule has 0 aromatic carbocycles. The number of halogens is 1. The van der Waals surface area contributed by atoms with Gasteiger partial charge in [-0.1, -0.05) is 0 Å². The van der Waals surface area contributed by atoms with E-state index in [-0.39, 0.29) is 11.0 Å². The molecular formula is C9H15ClO3. The summed E-state index contributed by atoms with van der Waals surface area (Å²) in [7, 11) is 0. The number of hydrogen-bond acceptors (Lipinski definition) is 3. The lowest BCUT2D eigenvalue weighted by Gasteiger charge is -2.37. The quantitative estimate of drug-likeness (QED) is 0.558. The average Bonchev–Trinajstić information content (AvgIpc) is 2.31. The molecule has 0 aliphatic carbocycles. The lowest BCUT2D eigenvalue weighted by molar-refractivity contribution is -0.130. The maximum absolute atomic E-state index is 6.10. The molecule has 13 heavy (non-hydrogen) atoms. The molecule has 76 valence electrons. The van der Waals surface area contributed by atoms with Gasteiger partial charge in [0.05, 0.1) is 26.4 Å². The Kier molecular flexibility index (Phi) is 3.09. The van der Waals surface area contributed by atoms with Crippen LogP contribution in [0, 0.1) is 0 Å². The van der Waals surface area contributed by atoms with E-state index in [0.717, 1.165) is 19.4 Å². The molecule has 0 radical (unpaired) electrons. The topological polar surface area (TPSA) is 27.7 Å². The van der Waals surface area contributed by atoms with E-state index in [1.54, 1.807) is 0 Å². The average molecular weight is 207 g/mol. The number of alkyl halides is 1. The molecule has 1 spiro atoms. The van der Waals surface area contributed by atoms with E-state index >= 15 is 0 Å². The van der Waals surface area contributed by atoms with Crippen LogP contribution in [0.5, 0.6) is 0 Å². The summed E-state index contributed by atoms with van der Waals surface area (Å²) in [6.45, 7) is 3.30. The predicted molar refractivity (Wildman–Crippen MR) is 49.2 cm³/mol. The van der Waals surface area contributed by atoms with Gasteiger partial charge in [0.1, 0.15) is 5.60 Å². The molecule has 4 heteroatoms. The Morgan fingerprint density at radius 2 is 1.77 bits per heavy atom. The van der Waals surface area contributed by atoms with E-state index in [1.807, 2.05) is 0 Å². The van der Waals surface area contributed by atoms with Gasteiger partial charge in [0.15, 0.2) is 0 Å². The molecule has 0 aromatic rings. The summed E-state index contributed by atoms with van der Waals surface area (Å²) in [5.41, 5.74) is -0.263. The largest absolute Gasteiger partial charge is 0.376 e. The van der Waals surface area contributed by atoms with Crippen molar-refractivity contribution < 1.29 is 14.2 Å². The molecule has 0 saturated carbocycles. The second-order valence-corrected chi connectivity index (χ2v) is 4.34. The zero-order valence-electron chi connectivity index (χ0n) is 7.63. The van der Waals surface area contributed by atoms with Crippen LogP contribution in [0.4, 0.5) is 0 Å². The van der Waals surface area contributed by atoms with Crippen molar-refractivity contribution in [2.45, 2.75) is 23.8 Å². The van der Waals surface area contributed by atoms with Gasteiger partial charge in [-0.3, -0.25) is 0 Å². The maximum Gasteiger partial charge on any atom is 0.116 e. The third-order valence-electron chi connectivity index (χ3n) is 2.54. The molecule has 2 fully saturated rings. The third-order valence-corrected chi connectivity index (χ3v) is 2.91. The van der Waals surface area contributed by atoms with E-state index in [2.05, 4.69) is 0 Å². The van der Waals surface area contributed by atoms with Gasteiger partial charge in [0.2, 0.25) is 0 Å². The second-order valence-electron chi connectivity index (χ2n) is 3.73. The zero-order chi connectivity index (χ0) is 9.15. The van der Waals surface area contributed by atoms with Crippen LogP contribution in [-0.2, 0) is 14.2 Å². The summed E-state index contributed by atoms with van der Waals surface area (Å²) in [6, 6.07) is 0. The molecule has 1 atom stereocenters. The third kappa shape index (κ3) is 2.34. The molecule has 2 heterocycles. The van der Waals surface area contributed by atoms with Crippen molar-refractivity contribution in [3.63, 3.8) is 0 Å². The Morgan fingerprint density at radius 3 is 2.38 bits per heavy atom. The highest BCUT2D eigenvalue weighted by Crippen LogP contribution is 2.30. The lowest BCUT2D eigenvalue weighted by Crippen LogP contribution is -2.47. The standard InChI is InChI=1S/C9H15ClO3/c10-8-1-2-13-9(5-8)6-11-3-4-12-7-9/h8H,1-7H2.